The number of benzene rings is 1. The maximum absolute atomic E-state index is 12.1. The van der Waals surface area contributed by atoms with E-state index in [0.717, 1.165) is 5.56 Å². The second kappa shape index (κ2) is 7.22. The lowest BCUT2D eigenvalue weighted by Crippen LogP contribution is -2.26. The molecule has 1 unspecified atom stereocenters. The summed E-state index contributed by atoms with van der Waals surface area (Å²) in [5.74, 6) is 0.141. The van der Waals surface area contributed by atoms with Crippen molar-refractivity contribution in [2.45, 2.75) is 25.4 Å². The third-order valence-electron chi connectivity index (χ3n) is 3.32. The molecule has 3 nitrogen and oxygen atoms in total. The maximum Gasteiger partial charge on any atom is 0.222 e. The minimum atomic E-state index is -0.0744. The van der Waals surface area contributed by atoms with E-state index in [1.807, 2.05) is 48.8 Å². The van der Waals surface area contributed by atoms with Gasteiger partial charge in [-0.3, -0.25) is 4.79 Å². The Labute approximate surface area is 124 Å². The van der Waals surface area contributed by atoms with Crippen molar-refractivity contribution in [2.75, 3.05) is 7.05 Å². The van der Waals surface area contributed by atoms with Crippen LogP contribution in [-0.2, 0) is 11.3 Å². The normalized spacial score (nSPS) is 12.1. The summed E-state index contributed by atoms with van der Waals surface area (Å²) in [4.78, 5) is 13.8. The van der Waals surface area contributed by atoms with Crippen LogP contribution in [0.15, 0.2) is 47.2 Å². The van der Waals surface area contributed by atoms with Gasteiger partial charge in [-0.25, -0.2) is 0 Å². The molecule has 2 aromatic rings. The van der Waals surface area contributed by atoms with Gasteiger partial charge in [0, 0.05) is 26.1 Å². The van der Waals surface area contributed by atoms with Crippen LogP contribution >= 0.6 is 11.3 Å². The Morgan fingerprint density at radius 3 is 2.70 bits per heavy atom. The number of hydrogen-bond donors (Lipinski definition) is 1. The van der Waals surface area contributed by atoms with Crippen LogP contribution in [0.4, 0.5) is 0 Å². The zero-order valence-corrected chi connectivity index (χ0v) is 12.5. The van der Waals surface area contributed by atoms with Crippen molar-refractivity contribution >= 4 is 17.2 Å². The molecule has 1 amide bonds. The molecule has 1 aromatic heterocycles. The van der Waals surface area contributed by atoms with Gasteiger partial charge in [0.05, 0.1) is 0 Å². The van der Waals surface area contributed by atoms with Crippen molar-refractivity contribution in [1.82, 2.24) is 4.90 Å². The van der Waals surface area contributed by atoms with Gasteiger partial charge in [-0.1, -0.05) is 30.3 Å². The topological polar surface area (TPSA) is 46.3 Å². The highest BCUT2D eigenvalue weighted by Gasteiger charge is 2.12. The monoisotopic (exact) mass is 288 g/mol. The molecular formula is C16H20N2OS. The van der Waals surface area contributed by atoms with Gasteiger partial charge in [-0.15, -0.1) is 0 Å². The summed E-state index contributed by atoms with van der Waals surface area (Å²) in [6.45, 7) is 0.670. The lowest BCUT2D eigenvalue weighted by atomic mass is 10.0. The molecule has 0 spiro atoms. The molecule has 2 N–H and O–H groups in total. The van der Waals surface area contributed by atoms with Crippen LogP contribution in [0.5, 0.6) is 0 Å². The van der Waals surface area contributed by atoms with E-state index in [1.54, 1.807) is 16.2 Å². The van der Waals surface area contributed by atoms with Crippen LogP contribution < -0.4 is 5.73 Å². The molecule has 0 aliphatic heterocycles. The van der Waals surface area contributed by atoms with Gasteiger partial charge in [0.1, 0.15) is 0 Å². The third-order valence-corrected chi connectivity index (χ3v) is 4.05. The average molecular weight is 288 g/mol. The van der Waals surface area contributed by atoms with Crippen molar-refractivity contribution < 1.29 is 4.79 Å². The number of hydrogen-bond acceptors (Lipinski definition) is 3. The van der Waals surface area contributed by atoms with Gasteiger partial charge >= 0.3 is 0 Å². The predicted molar refractivity (Wildman–Crippen MR) is 83.4 cm³/mol. The Morgan fingerprint density at radius 2 is 2.05 bits per heavy atom. The second-order valence-electron chi connectivity index (χ2n) is 4.94. The molecule has 0 bridgehead atoms. The van der Waals surface area contributed by atoms with Crippen LogP contribution in [0.3, 0.4) is 0 Å². The number of carbonyl (C=O) groups is 1. The highest BCUT2D eigenvalue weighted by molar-refractivity contribution is 7.07. The van der Waals surface area contributed by atoms with E-state index in [2.05, 4.69) is 5.38 Å². The van der Waals surface area contributed by atoms with Crippen molar-refractivity contribution in [3.05, 3.63) is 58.3 Å². The molecule has 0 saturated carbocycles. The largest absolute Gasteiger partial charge is 0.341 e. The van der Waals surface area contributed by atoms with Crippen LogP contribution in [0.2, 0.25) is 0 Å². The molecule has 0 fully saturated rings. The number of amides is 1. The average Bonchev–Trinajstić information content (AvgIpc) is 2.98. The van der Waals surface area contributed by atoms with Crippen molar-refractivity contribution in [3.8, 4) is 0 Å². The van der Waals surface area contributed by atoms with E-state index in [9.17, 15) is 4.79 Å². The SMILES string of the molecule is CN(Cc1ccsc1)C(=O)CCC(N)c1ccccc1. The van der Waals surface area contributed by atoms with Gasteiger partial charge in [-0.05, 0) is 34.4 Å². The zero-order chi connectivity index (χ0) is 14.4. The fraction of sp³-hybridized carbons (Fsp3) is 0.312. The molecule has 1 aromatic carbocycles. The molecule has 0 saturated heterocycles. The quantitative estimate of drug-likeness (QED) is 0.887. The molecule has 20 heavy (non-hydrogen) atoms. The van der Waals surface area contributed by atoms with Crippen LogP contribution in [0, 0.1) is 0 Å². The molecule has 2 rings (SSSR count). The van der Waals surface area contributed by atoms with E-state index in [-0.39, 0.29) is 11.9 Å². The second-order valence-corrected chi connectivity index (χ2v) is 5.72. The molecule has 0 radical (unpaired) electrons. The molecule has 106 valence electrons. The fourth-order valence-electron chi connectivity index (χ4n) is 2.08. The van der Waals surface area contributed by atoms with E-state index in [0.29, 0.717) is 19.4 Å². The summed E-state index contributed by atoms with van der Waals surface area (Å²) in [6.07, 6.45) is 1.16. The van der Waals surface area contributed by atoms with E-state index >= 15 is 0 Å². The van der Waals surface area contributed by atoms with Crippen molar-refractivity contribution in [2.24, 2.45) is 5.73 Å². The molecular weight excluding hydrogens is 268 g/mol. The van der Waals surface area contributed by atoms with Crippen LogP contribution in [0.25, 0.3) is 0 Å². The first-order valence-corrected chi connectivity index (χ1v) is 7.66. The Hall–Kier alpha value is -1.65. The fourth-order valence-corrected chi connectivity index (χ4v) is 2.74. The van der Waals surface area contributed by atoms with Gasteiger partial charge in [0.25, 0.3) is 0 Å². The highest BCUT2D eigenvalue weighted by atomic mass is 32.1. The summed E-state index contributed by atoms with van der Waals surface area (Å²) < 4.78 is 0. The minimum absolute atomic E-state index is 0.0744. The Bertz CT molecular complexity index is 525. The van der Waals surface area contributed by atoms with Gasteiger partial charge in [0.2, 0.25) is 5.91 Å². The molecule has 1 heterocycles. The van der Waals surface area contributed by atoms with Crippen LogP contribution in [-0.4, -0.2) is 17.9 Å². The molecule has 4 heteroatoms. The maximum atomic E-state index is 12.1. The summed E-state index contributed by atoms with van der Waals surface area (Å²) in [6, 6.07) is 11.9. The predicted octanol–water partition coefficient (Wildman–Crippen LogP) is 3.19. The Balaban J connectivity index is 1.80. The first-order valence-electron chi connectivity index (χ1n) is 6.72. The van der Waals surface area contributed by atoms with Crippen LogP contribution in [0.1, 0.15) is 30.0 Å². The van der Waals surface area contributed by atoms with Gasteiger partial charge < -0.3 is 10.6 Å². The summed E-state index contributed by atoms with van der Waals surface area (Å²) in [5, 5.41) is 4.10. The first kappa shape index (κ1) is 14.8. The van der Waals surface area contributed by atoms with Crippen molar-refractivity contribution in [1.29, 1.82) is 0 Å². The summed E-state index contributed by atoms with van der Waals surface area (Å²) >= 11 is 1.65. The highest BCUT2D eigenvalue weighted by Crippen LogP contribution is 2.16. The lowest BCUT2D eigenvalue weighted by molar-refractivity contribution is -0.130. The Morgan fingerprint density at radius 1 is 1.30 bits per heavy atom. The summed E-state index contributed by atoms with van der Waals surface area (Å²) in [5.41, 5.74) is 8.37. The minimum Gasteiger partial charge on any atom is -0.341 e. The first-order chi connectivity index (χ1) is 9.66. The van der Waals surface area contributed by atoms with Gasteiger partial charge in [-0.2, -0.15) is 11.3 Å². The number of nitrogens with zero attached hydrogens (tertiary/aromatic N) is 1. The van der Waals surface area contributed by atoms with Crippen molar-refractivity contribution in [3.63, 3.8) is 0 Å². The number of carbonyl (C=O) groups excluding carboxylic acids is 1. The molecule has 0 aliphatic carbocycles. The standard InChI is InChI=1S/C16H20N2OS/c1-18(11-13-9-10-20-12-13)16(19)8-7-15(17)14-5-3-2-4-6-14/h2-6,9-10,12,15H,7-8,11,17H2,1H3. The molecule has 1 atom stereocenters. The van der Waals surface area contributed by atoms with E-state index in [1.165, 1.54) is 5.56 Å². The third kappa shape index (κ3) is 4.18. The summed E-state index contributed by atoms with van der Waals surface area (Å²) in [7, 11) is 1.84. The number of rotatable bonds is 6. The van der Waals surface area contributed by atoms with E-state index < -0.39 is 0 Å². The molecule has 0 aliphatic rings. The number of thiophene rings is 1. The van der Waals surface area contributed by atoms with Gasteiger partial charge in [0.15, 0.2) is 0 Å². The number of nitrogens with two attached hydrogens (primary N) is 1. The Kier molecular flexibility index (Phi) is 5.32. The zero-order valence-electron chi connectivity index (χ0n) is 11.7. The lowest BCUT2D eigenvalue weighted by Gasteiger charge is -2.18. The van der Waals surface area contributed by atoms with E-state index in [4.69, 9.17) is 5.73 Å². The smallest absolute Gasteiger partial charge is 0.222 e.